The number of nitrogens with one attached hydrogen (secondary N) is 3. The third-order valence-corrected chi connectivity index (χ3v) is 5.82. The van der Waals surface area contributed by atoms with Gasteiger partial charge in [0, 0.05) is 34.8 Å². The Bertz CT molecular complexity index is 1070. The molecule has 1 fully saturated rings. The minimum absolute atomic E-state index is 0.257. The van der Waals surface area contributed by atoms with Gasteiger partial charge >= 0.3 is 5.97 Å². The van der Waals surface area contributed by atoms with Crippen molar-refractivity contribution < 1.29 is 9.53 Å². The number of aromatic amines is 1. The van der Waals surface area contributed by atoms with E-state index in [9.17, 15) is 4.79 Å². The molecule has 4 rings (SSSR count). The van der Waals surface area contributed by atoms with E-state index < -0.39 is 0 Å². The number of benzene rings is 1. The zero-order valence-electron chi connectivity index (χ0n) is 15.9. The first-order chi connectivity index (χ1) is 14.2. The fraction of sp³-hybridized carbons (Fsp3) is 0.286. The topological polar surface area (TPSA) is 103 Å². The summed E-state index contributed by atoms with van der Waals surface area (Å²) in [5.74, 6) is -0.368. The molecule has 0 unspecified atom stereocenters. The Kier molecular flexibility index (Phi) is 5.69. The molecule has 0 saturated heterocycles. The maximum atomic E-state index is 12.3. The smallest absolute Gasteiger partial charge is 0.341 e. The van der Waals surface area contributed by atoms with Crippen molar-refractivity contribution in [1.82, 2.24) is 14.7 Å². The van der Waals surface area contributed by atoms with Crippen molar-refractivity contribution in [2.24, 2.45) is 0 Å². The number of carbonyl (C=O) groups is 1. The van der Waals surface area contributed by atoms with Gasteiger partial charge in [0.05, 0.1) is 23.9 Å². The highest BCUT2D eigenvalue weighted by atomic mass is 32.2. The predicted octanol–water partition coefficient (Wildman–Crippen LogP) is 3.85. The second kappa shape index (κ2) is 8.55. The van der Waals surface area contributed by atoms with Crippen LogP contribution in [0.1, 0.15) is 35.7 Å². The van der Waals surface area contributed by atoms with Gasteiger partial charge in [0.1, 0.15) is 11.2 Å². The number of aromatic nitrogens is 2. The molecule has 0 amide bonds. The first-order valence-corrected chi connectivity index (χ1v) is 10.3. The summed E-state index contributed by atoms with van der Waals surface area (Å²) in [6.45, 7) is 2.11. The summed E-state index contributed by atoms with van der Waals surface area (Å²) in [6, 6.07) is 12.2. The lowest BCUT2D eigenvalue weighted by molar-refractivity contribution is 0.0527. The van der Waals surface area contributed by atoms with Crippen molar-refractivity contribution in [2.75, 3.05) is 11.9 Å². The molecule has 0 bridgehead atoms. The maximum absolute atomic E-state index is 12.3. The summed E-state index contributed by atoms with van der Waals surface area (Å²) in [5.41, 5.74) is 2.62. The molecule has 8 heteroatoms. The minimum Gasteiger partial charge on any atom is -0.462 e. The number of nitriles is 1. The Hall–Kier alpha value is -3.02. The van der Waals surface area contributed by atoms with Gasteiger partial charge < -0.3 is 15.0 Å². The van der Waals surface area contributed by atoms with Gasteiger partial charge in [0.25, 0.3) is 0 Å². The summed E-state index contributed by atoms with van der Waals surface area (Å²) in [6.07, 6.45) is 5.24. The number of pyridine rings is 1. The Morgan fingerprint density at radius 2 is 2.24 bits per heavy atom. The van der Waals surface area contributed by atoms with Gasteiger partial charge in [-0.25, -0.2) is 9.78 Å². The standard InChI is InChI=1S/C21H21N5O2S/c1-2-28-21(27)18-12-24-20-17(6-7-23-20)19(18)25-14-9-15(10-14)26-29-16-5-3-4-13(8-16)11-22/h3-8,12,14-15,26H,2,9-10H2,1H3,(H2,23,24,25)/t14-,15-. The first kappa shape index (κ1) is 19.3. The number of ether oxygens (including phenoxy) is 1. The Morgan fingerprint density at radius 1 is 1.38 bits per heavy atom. The molecule has 1 aliphatic carbocycles. The van der Waals surface area contributed by atoms with Gasteiger partial charge in [-0.2, -0.15) is 5.26 Å². The van der Waals surface area contributed by atoms with Crippen molar-refractivity contribution in [2.45, 2.75) is 36.7 Å². The van der Waals surface area contributed by atoms with E-state index >= 15 is 0 Å². The molecule has 0 radical (unpaired) electrons. The number of hydrogen-bond acceptors (Lipinski definition) is 7. The van der Waals surface area contributed by atoms with Crippen LogP contribution in [0, 0.1) is 11.3 Å². The van der Waals surface area contributed by atoms with Gasteiger partial charge in [-0.15, -0.1) is 0 Å². The third kappa shape index (κ3) is 4.21. The predicted molar refractivity (Wildman–Crippen MR) is 113 cm³/mol. The fourth-order valence-electron chi connectivity index (χ4n) is 3.34. The Balaban J connectivity index is 1.39. The molecule has 3 aromatic rings. The Labute approximate surface area is 173 Å². The lowest BCUT2D eigenvalue weighted by Crippen LogP contribution is -2.45. The molecule has 3 N–H and O–H groups in total. The van der Waals surface area contributed by atoms with Crippen LogP contribution in [-0.2, 0) is 4.74 Å². The second-order valence-corrected chi connectivity index (χ2v) is 7.79. The third-order valence-electron chi connectivity index (χ3n) is 4.88. The zero-order valence-corrected chi connectivity index (χ0v) is 16.8. The largest absolute Gasteiger partial charge is 0.462 e. The van der Waals surface area contributed by atoms with E-state index in [1.807, 2.05) is 30.5 Å². The van der Waals surface area contributed by atoms with Crippen molar-refractivity contribution in [3.05, 3.63) is 53.9 Å². The number of esters is 1. The molecule has 1 saturated carbocycles. The second-order valence-electron chi connectivity index (χ2n) is 6.88. The Morgan fingerprint density at radius 3 is 3.03 bits per heavy atom. The van der Waals surface area contributed by atoms with Gasteiger partial charge in [-0.3, -0.25) is 4.72 Å². The molecule has 2 aromatic heterocycles. The average molecular weight is 407 g/mol. The quantitative estimate of drug-likeness (QED) is 0.404. The van der Waals surface area contributed by atoms with E-state index in [-0.39, 0.29) is 12.0 Å². The number of anilines is 1. The number of fused-ring (bicyclic) bond motifs is 1. The number of hydrogen-bond donors (Lipinski definition) is 3. The summed E-state index contributed by atoms with van der Waals surface area (Å²) in [7, 11) is 0. The summed E-state index contributed by atoms with van der Waals surface area (Å²) >= 11 is 1.54. The van der Waals surface area contributed by atoms with Gasteiger partial charge in [-0.05, 0) is 56.0 Å². The van der Waals surface area contributed by atoms with Crippen LogP contribution in [0.15, 0.2) is 47.6 Å². The van der Waals surface area contributed by atoms with Gasteiger partial charge in [-0.1, -0.05) is 6.07 Å². The van der Waals surface area contributed by atoms with Crippen LogP contribution in [0.2, 0.25) is 0 Å². The molecular formula is C21H21N5O2S. The lowest BCUT2D eigenvalue weighted by atomic mass is 9.87. The molecule has 2 heterocycles. The first-order valence-electron chi connectivity index (χ1n) is 9.50. The number of rotatable bonds is 7. The molecule has 148 valence electrons. The molecule has 1 aliphatic rings. The highest BCUT2D eigenvalue weighted by molar-refractivity contribution is 7.97. The van der Waals surface area contributed by atoms with Crippen LogP contribution in [0.5, 0.6) is 0 Å². The SMILES string of the molecule is CCOC(=O)c1cnc2[nH]ccc2c1N[C@H]1C[C@H](NSc2cccc(C#N)c2)C1. The van der Waals surface area contributed by atoms with Crippen LogP contribution >= 0.6 is 11.9 Å². The normalized spacial score (nSPS) is 18.1. The highest BCUT2D eigenvalue weighted by Crippen LogP contribution is 2.32. The number of carbonyl (C=O) groups excluding carboxylic acids is 1. The zero-order chi connectivity index (χ0) is 20.2. The van der Waals surface area contributed by atoms with Crippen molar-refractivity contribution in [3.63, 3.8) is 0 Å². The monoisotopic (exact) mass is 407 g/mol. The van der Waals surface area contributed by atoms with Crippen molar-refractivity contribution >= 4 is 34.6 Å². The summed E-state index contributed by atoms with van der Waals surface area (Å²) in [4.78, 5) is 20.8. The molecule has 0 spiro atoms. The van der Waals surface area contributed by atoms with Crippen LogP contribution in [0.25, 0.3) is 11.0 Å². The highest BCUT2D eigenvalue weighted by Gasteiger charge is 2.31. The summed E-state index contributed by atoms with van der Waals surface area (Å²) in [5, 5.41) is 13.4. The lowest BCUT2D eigenvalue weighted by Gasteiger charge is -2.37. The van der Waals surface area contributed by atoms with Crippen LogP contribution in [-0.4, -0.2) is 34.6 Å². The van der Waals surface area contributed by atoms with E-state index in [0.29, 0.717) is 23.8 Å². The summed E-state index contributed by atoms with van der Waals surface area (Å²) < 4.78 is 8.64. The minimum atomic E-state index is -0.368. The van der Waals surface area contributed by atoms with E-state index in [0.717, 1.165) is 34.5 Å². The molecular weight excluding hydrogens is 386 g/mol. The van der Waals surface area contributed by atoms with Crippen LogP contribution < -0.4 is 10.0 Å². The van der Waals surface area contributed by atoms with E-state index in [4.69, 9.17) is 10.00 Å². The van der Waals surface area contributed by atoms with Gasteiger partial charge in [0.2, 0.25) is 0 Å². The molecule has 1 aromatic carbocycles. The number of H-pyrrole nitrogens is 1. The maximum Gasteiger partial charge on any atom is 0.341 e. The van der Waals surface area contributed by atoms with E-state index in [2.05, 4.69) is 26.1 Å². The van der Waals surface area contributed by atoms with Crippen molar-refractivity contribution in [3.8, 4) is 6.07 Å². The molecule has 0 atom stereocenters. The molecule has 0 aliphatic heterocycles. The van der Waals surface area contributed by atoms with Gasteiger partial charge in [0.15, 0.2) is 0 Å². The van der Waals surface area contributed by atoms with Crippen molar-refractivity contribution in [1.29, 1.82) is 5.26 Å². The molecule has 29 heavy (non-hydrogen) atoms. The van der Waals surface area contributed by atoms with Crippen LogP contribution in [0.4, 0.5) is 5.69 Å². The molecule has 7 nitrogen and oxygen atoms in total. The van der Waals surface area contributed by atoms with Crippen LogP contribution in [0.3, 0.4) is 0 Å². The van der Waals surface area contributed by atoms with E-state index in [1.54, 1.807) is 31.1 Å². The number of nitrogens with zero attached hydrogens (tertiary/aromatic N) is 2. The van der Waals surface area contributed by atoms with E-state index in [1.165, 1.54) is 0 Å². The fourth-order valence-corrected chi connectivity index (χ4v) is 4.17. The average Bonchev–Trinajstić information content (AvgIpc) is 3.19.